The highest BCUT2D eigenvalue weighted by atomic mass is 79.9. The Balaban J connectivity index is 1.97. The first-order valence-corrected chi connectivity index (χ1v) is 8.22. The number of aryl methyl sites for hydroxylation is 2. The van der Waals surface area contributed by atoms with Crippen LogP contribution in [-0.2, 0) is 16.0 Å². The number of hydrogen-bond donors (Lipinski definition) is 2. The first-order chi connectivity index (χ1) is 11.0. The number of nitrogens with one attached hydrogen (secondary N) is 2. The number of amides is 2. The molecule has 0 saturated heterocycles. The van der Waals surface area contributed by atoms with Gasteiger partial charge in [0.2, 0.25) is 11.8 Å². The molecule has 0 radical (unpaired) electrons. The molecule has 0 aliphatic carbocycles. The summed E-state index contributed by atoms with van der Waals surface area (Å²) in [5.74, 6) is -0.653. The number of carbonyl (C=O) groups excluding carboxylic acids is 2. The van der Waals surface area contributed by atoms with Crippen LogP contribution in [0.4, 0.5) is 11.4 Å². The average molecular weight is 375 g/mol. The van der Waals surface area contributed by atoms with E-state index in [1.807, 2.05) is 44.2 Å². The van der Waals surface area contributed by atoms with Gasteiger partial charge in [0.05, 0.1) is 0 Å². The van der Waals surface area contributed by atoms with E-state index < -0.39 is 0 Å². The molecule has 0 heterocycles. The summed E-state index contributed by atoms with van der Waals surface area (Å²) in [5.41, 5.74) is 3.52. The molecular formula is C18H19BrN2O2. The van der Waals surface area contributed by atoms with Crippen molar-refractivity contribution < 1.29 is 9.59 Å². The van der Waals surface area contributed by atoms with Crippen molar-refractivity contribution in [2.75, 3.05) is 10.6 Å². The van der Waals surface area contributed by atoms with Gasteiger partial charge in [0.15, 0.2) is 0 Å². The van der Waals surface area contributed by atoms with E-state index in [9.17, 15) is 9.59 Å². The summed E-state index contributed by atoms with van der Waals surface area (Å²) < 4.78 is 0.930. The summed E-state index contributed by atoms with van der Waals surface area (Å²) in [6.45, 7) is 3.97. The fraction of sp³-hybridized carbons (Fsp3) is 0.222. The molecular weight excluding hydrogens is 356 g/mol. The molecule has 0 aromatic heterocycles. The Morgan fingerprint density at radius 1 is 1.00 bits per heavy atom. The molecule has 0 bridgehead atoms. The van der Waals surface area contributed by atoms with Crippen molar-refractivity contribution in [2.45, 2.75) is 26.7 Å². The number of hydrogen-bond acceptors (Lipinski definition) is 2. The quantitative estimate of drug-likeness (QED) is 0.766. The van der Waals surface area contributed by atoms with Gasteiger partial charge in [-0.3, -0.25) is 9.59 Å². The van der Waals surface area contributed by atoms with Crippen LogP contribution in [0, 0.1) is 6.92 Å². The predicted octanol–water partition coefficient (Wildman–Crippen LogP) is 4.29. The van der Waals surface area contributed by atoms with E-state index in [2.05, 4.69) is 26.6 Å². The molecule has 0 spiro atoms. The molecule has 0 aliphatic rings. The maximum atomic E-state index is 12.1. The van der Waals surface area contributed by atoms with E-state index in [1.54, 1.807) is 12.1 Å². The molecule has 2 N–H and O–H groups in total. The third kappa shape index (κ3) is 4.93. The highest BCUT2D eigenvalue weighted by molar-refractivity contribution is 9.10. The van der Waals surface area contributed by atoms with Crippen molar-refractivity contribution in [3.05, 3.63) is 58.1 Å². The summed E-state index contributed by atoms with van der Waals surface area (Å²) in [4.78, 5) is 24.1. The molecule has 0 atom stereocenters. The van der Waals surface area contributed by atoms with Crippen LogP contribution in [0.25, 0.3) is 0 Å². The van der Waals surface area contributed by atoms with E-state index in [-0.39, 0.29) is 18.2 Å². The summed E-state index contributed by atoms with van der Waals surface area (Å²) >= 11 is 3.33. The third-order valence-corrected chi connectivity index (χ3v) is 3.98. The zero-order valence-electron chi connectivity index (χ0n) is 13.2. The summed E-state index contributed by atoms with van der Waals surface area (Å²) in [6.07, 6.45) is 0.607. The molecule has 2 amide bonds. The van der Waals surface area contributed by atoms with Crippen LogP contribution < -0.4 is 10.6 Å². The Morgan fingerprint density at radius 2 is 1.65 bits per heavy atom. The second-order valence-electron chi connectivity index (χ2n) is 5.24. The van der Waals surface area contributed by atoms with Gasteiger partial charge < -0.3 is 10.6 Å². The van der Waals surface area contributed by atoms with Crippen molar-refractivity contribution in [3.63, 3.8) is 0 Å². The topological polar surface area (TPSA) is 58.2 Å². The van der Waals surface area contributed by atoms with Crippen molar-refractivity contribution in [2.24, 2.45) is 0 Å². The van der Waals surface area contributed by atoms with Crippen LogP contribution in [0.1, 0.15) is 24.5 Å². The molecule has 0 unspecified atom stereocenters. The normalized spacial score (nSPS) is 10.2. The fourth-order valence-electron chi connectivity index (χ4n) is 2.27. The number of para-hydroxylation sites is 1. The van der Waals surface area contributed by atoms with Crippen LogP contribution in [0.2, 0.25) is 0 Å². The molecule has 2 aromatic rings. The zero-order chi connectivity index (χ0) is 16.8. The number of anilines is 2. The molecule has 4 nitrogen and oxygen atoms in total. The summed E-state index contributed by atoms with van der Waals surface area (Å²) in [6, 6.07) is 13.1. The maximum Gasteiger partial charge on any atom is 0.233 e. The highest BCUT2D eigenvalue weighted by Crippen LogP contribution is 2.21. The lowest BCUT2D eigenvalue weighted by molar-refractivity contribution is -0.123. The van der Waals surface area contributed by atoms with Gasteiger partial charge in [-0.05, 0) is 48.7 Å². The van der Waals surface area contributed by atoms with Gasteiger partial charge in [0.25, 0.3) is 0 Å². The van der Waals surface area contributed by atoms with Gasteiger partial charge in [-0.15, -0.1) is 0 Å². The number of benzene rings is 2. The summed E-state index contributed by atoms with van der Waals surface area (Å²) in [7, 11) is 0. The van der Waals surface area contributed by atoms with Crippen LogP contribution in [0.3, 0.4) is 0 Å². The number of halogens is 1. The number of carbonyl (C=O) groups is 2. The second-order valence-corrected chi connectivity index (χ2v) is 6.16. The van der Waals surface area contributed by atoms with Gasteiger partial charge >= 0.3 is 0 Å². The molecule has 2 rings (SSSR count). The lowest BCUT2D eigenvalue weighted by Gasteiger charge is -2.13. The Labute approximate surface area is 144 Å². The van der Waals surface area contributed by atoms with Crippen LogP contribution in [0.5, 0.6) is 0 Å². The van der Waals surface area contributed by atoms with Crippen molar-refractivity contribution in [3.8, 4) is 0 Å². The standard InChI is InChI=1S/C18H19BrN2O2/c1-3-13-6-4-5-12(2)18(13)21-17(23)11-16(22)20-15-9-7-14(19)8-10-15/h4-10H,3,11H2,1-2H3,(H,20,22)(H,21,23). The molecule has 0 fully saturated rings. The van der Waals surface area contributed by atoms with Gasteiger partial charge in [-0.1, -0.05) is 41.1 Å². The van der Waals surface area contributed by atoms with E-state index in [4.69, 9.17) is 0 Å². The van der Waals surface area contributed by atoms with Gasteiger partial charge in [-0.2, -0.15) is 0 Å². The molecule has 120 valence electrons. The van der Waals surface area contributed by atoms with Crippen LogP contribution in [-0.4, -0.2) is 11.8 Å². The first-order valence-electron chi connectivity index (χ1n) is 7.43. The monoisotopic (exact) mass is 374 g/mol. The molecule has 0 aliphatic heterocycles. The number of rotatable bonds is 5. The Hall–Kier alpha value is -2.14. The summed E-state index contributed by atoms with van der Waals surface area (Å²) in [5, 5.41) is 5.56. The van der Waals surface area contributed by atoms with Gasteiger partial charge in [0.1, 0.15) is 6.42 Å². The maximum absolute atomic E-state index is 12.1. The van der Waals surface area contributed by atoms with Crippen molar-refractivity contribution in [1.82, 2.24) is 0 Å². The van der Waals surface area contributed by atoms with Gasteiger partial charge in [0, 0.05) is 15.8 Å². The minimum Gasteiger partial charge on any atom is -0.326 e. The van der Waals surface area contributed by atoms with Crippen molar-refractivity contribution in [1.29, 1.82) is 0 Å². The van der Waals surface area contributed by atoms with Crippen LogP contribution in [0.15, 0.2) is 46.9 Å². The van der Waals surface area contributed by atoms with Crippen molar-refractivity contribution >= 4 is 39.1 Å². The zero-order valence-corrected chi connectivity index (χ0v) is 14.7. The minimum absolute atomic E-state index is 0.215. The fourth-order valence-corrected chi connectivity index (χ4v) is 2.53. The largest absolute Gasteiger partial charge is 0.326 e. The van der Waals surface area contributed by atoms with Gasteiger partial charge in [-0.25, -0.2) is 0 Å². The Kier molecular flexibility index (Phi) is 5.93. The van der Waals surface area contributed by atoms with Crippen LogP contribution >= 0.6 is 15.9 Å². The van der Waals surface area contributed by atoms with E-state index >= 15 is 0 Å². The average Bonchev–Trinajstić information content (AvgIpc) is 2.51. The lowest BCUT2D eigenvalue weighted by Crippen LogP contribution is -2.22. The first kappa shape index (κ1) is 17.2. The predicted molar refractivity (Wildman–Crippen MR) is 96.6 cm³/mol. The van der Waals surface area contributed by atoms with E-state index in [0.29, 0.717) is 5.69 Å². The minimum atomic E-state index is -0.337. The SMILES string of the molecule is CCc1cccc(C)c1NC(=O)CC(=O)Nc1ccc(Br)cc1. The van der Waals surface area contributed by atoms with E-state index in [0.717, 1.165) is 27.7 Å². The highest BCUT2D eigenvalue weighted by Gasteiger charge is 2.13. The molecule has 2 aromatic carbocycles. The molecule has 0 saturated carbocycles. The smallest absolute Gasteiger partial charge is 0.233 e. The third-order valence-electron chi connectivity index (χ3n) is 3.45. The Morgan fingerprint density at radius 3 is 2.30 bits per heavy atom. The second kappa shape index (κ2) is 7.92. The van der Waals surface area contributed by atoms with E-state index in [1.165, 1.54) is 0 Å². The molecule has 23 heavy (non-hydrogen) atoms. The lowest BCUT2D eigenvalue weighted by atomic mass is 10.1. The Bertz CT molecular complexity index is 711. The molecule has 5 heteroatoms.